The highest BCUT2D eigenvalue weighted by Crippen LogP contribution is 2.23. The smallest absolute Gasteiger partial charge is 0.251 e. The number of rotatable bonds is 3. The van der Waals surface area contributed by atoms with Crippen LogP contribution < -0.4 is 5.32 Å². The maximum absolute atomic E-state index is 12.3. The number of benzene rings is 1. The van der Waals surface area contributed by atoms with Gasteiger partial charge in [0.2, 0.25) is 0 Å². The van der Waals surface area contributed by atoms with Crippen molar-refractivity contribution in [2.45, 2.75) is 32.2 Å². The molecule has 20 heavy (non-hydrogen) atoms. The molecule has 0 spiro atoms. The molecule has 1 aromatic carbocycles. The van der Waals surface area contributed by atoms with Crippen LogP contribution in [0.5, 0.6) is 0 Å². The van der Waals surface area contributed by atoms with Crippen molar-refractivity contribution in [3.63, 3.8) is 0 Å². The molecule has 1 aliphatic rings. The van der Waals surface area contributed by atoms with Gasteiger partial charge in [0.05, 0.1) is 12.2 Å². The van der Waals surface area contributed by atoms with Crippen LogP contribution in [0.4, 0.5) is 0 Å². The standard InChI is InChI=1S/C16H19N3O/c1-11(15-9-17-19(2)10-15)18-16(20)14-7-6-12-4-3-5-13(12)8-14/h6-11H,3-5H2,1-2H3,(H,18,20)/t11-/m1/s1. The lowest BCUT2D eigenvalue weighted by molar-refractivity contribution is 0.0940. The third-order valence-corrected chi connectivity index (χ3v) is 3.93. The molecule has 0 saturated carbocycles. The van der Waals surface area contributed by atoms with Crippen LogP contribution in [0.1, 0.15) is 46.4 Å². The van der Waals surface area contributed by atoms with Gasteiger partial charge in [0, 0.05) is 24.4 Å². The molecule has 4 nitrogen and oxygen atoms in total. The Morgan fingerprint density at radius 2 is 2.15 bits per heavy atom. The van der Waals surface area contributed by atoms with E-state index >= 15 is 0 Å². The van der Waals surface area contributed by atoms with Crippen molar-refractivity contribution >= 4 is 5.91 Å². The number of carbonyl (C=O) groups excluding carboxylic acids is 1. The number of aryl methyl sites for hydroxylation is 3. The van der Waals surface area contributed by atoms with Gasteiger partial charge in [-0.25, -0.2) is 0 Å². The van der Waals surface area contributed by atoms with Crippen LogP contribution in [-0.4, -0.2) is 15.7 Å². The Bertz CT molecular complexity index is 645. The highest BCUT2D eigenvalue weighted by Gasteiger charge is 2.16. The number of aromatic nitrogens is 2. The predicted octanol–water partition coefficient (Wildman–Crippen LogP) is 2.40. The second-order valence-corrected chi connectivity index (χ2v) is 5.48. The van der Waals surface area contributed by atoms with E-state index in [0.29, 0.717) is 0 Å². The summed E-state index contributed by atoms with van der Waals surface area (Å²) in [4.78, 5) is 12.3. The third-order valence-electron chi connectivity index (χ3n) is 3.93. The average molecular weight is 269 g/mol. The minimum absolute atomic E-state index is 0.0175. The van der Waals surface area contributed by atoms with Crippen molar-refractivity contribution in [1.29, 1.82) is 0 Å². The van der Waals surface area contributed by atoms with E-state index in [4.69, 9.17) is 0 Å². The summed E-state index contributed by atoms with van der Waals surface area (Å²) in [6.45, 7) is 1.97. The molecule has 0 unspecified atom stereocenters. The fourth-order valence-corrected chi connectivity index (χ4v) is 2.74. The highest BCUT2D eigenvalue weighted by atomic mass is 16.1. The first-order chi connectivity index (χ1) is 9.63. The topological polar surface area (TPSA) is 46.9 Å². The van der Waals surface area contributed by atoms with Gasteiger partial charge in [-0.2, -0.15) is 5.10 Å². The number of nitrogens with one attached hydrogen (secondary N) is 1. The molecule has 1 N–H and O–H groups in total. The molecule has 1 atom stereocenters. The van der Waals surface area contributed by atoms with Gasteiger partial charge in [-0.15, -0.1) is 0 Å². The Balaban J connectivity index is 1.73. The van der Waals surface area contributed by atoms with Crippen LogP contribution in [0.3, 0.4) is 0 Å². The van der Waals surface area contributed by atoms with Gasteiger partial charge in [-0.3, -0.25) is 9.48 Å². The first-order valence-electron chi connectivity index (χ1n) is 7.04. The Morgan fingerprint density at radius 3 is 2.90 bits per heavy atom. The number of carbonyl (C=O) groups is 1. The van der Waals surface area contributed by atoms with E-state index in [1.54, 1.807) is 10.9 Å². The summed E-state index contributed by atoms with van der Waals surface area (Å²) in [6.07, 6.45) is 7.14. The maximum atomic E-state index is 12.3. The van der Waals surface area contributed by atoms with Gasteiger partial charge < -0.3 is 5.32 Å². The number of hydrogen-bond acceptors (Lipinski definition) is 2. The zero-order valence-corrected chi connectivity index (χ0v) is 11.9. The first-order valence-corrected chi connectivity index (χ1v) is 7.04. The van der Waals surface area contributed by atoms with E-state index in [0.717, 1.165) is 24.0 Å². The lowest BCUT2D eigenvalue weighted by Crippen LogP contribution is -2.26. The van der Waals surface area contributed by atoms with Gasteiger partial charge in [-0.05, 0) is 49.4 Å². The second kappa shape index (κ2) is 5.12. The summed E-state index contributed by atoms with van der Waals surface area (Å²) in [5.74, 6) is -0.0175. The monoisotopic (exact) mass is 269 g/mol. The van der Waals surface area contributed by atoms with Gasteiger partial charge in [0.15, 0.2) is 0 Å². The summed E-state index contributed by atoms with van der Waals surface area (Å²) in [5, 5.41) is 7.16. The fraction of sp³-hybridized carbons (Fsp3) is 0.375. The van der Waals surface area contributed by atoms with Gasteiger partial charge in [0.25, 0.3) is 5.91 Å². The molecular formula is C16H19N3O. The molecule has 0 fully saturated rings. The molecule has 0 bridgehead atoms. The van der Waals surface area contributed by atoms with Crippen molar-refractivity contribution in [2.24, 2.45) is 7.05 Å². The molecule has 3 rings (SSSR count). The third kappa shape index (κ3) is 2.46. The number of fused-ring (bicyclic) bond motifs is 1. The molecule has 1 amide bonds. The highest BCUT2D eigenvalue weighted by molar-refractivity contribution is 5.94. The quantitative estimate of drug-likeness (QED) is 0.930. The van der Waals surface area contributed by atoms with E-state index in [9.17, 15) is 4.79 Å². The van der Waals surface area contributed by atoms with Crippen molar-refractivity contribution < 1.29 is 4.79 Å². The summed E-state index contributed by atoms with van der Waals surface area (Å²) >= 11 is 0. The van der Waals surface area contributed by atoms with E-state index < -0.39 is 0 Å². The average Bonchev–Trinajstić information content (AvgIpc) is 3.05. The lowest BCUT2D eigenvalue weighted by Gasteiger charge is -2.12. The molecule has 2 aromatic rings. The van der Waals surface area contributed by atoms with E-state index in [1.165, 1.54) is 17.5 Å². The number of amides is 1. The minimum atomic E-state index is -0.0375. The van der Waals surface area contributed by atoms with Crippen molar-refractivity contribution in [3.8, 4) is 0 Å². The molecule has 0 radical (unpaired) electrons. The Hall–Kier alpha value is -2.10. The SMILES string of the molecule is C[C@@H](NC(=O)c1ccc2c(c1)CCC2)c1cnn(C)c1. The van der Waals surface area contributed by atoms with Gasteiger partial charge in [-0.1, -0.05) is 6.07 Å². The molecule has 1 aromatic heterocycles. The molecule has 4 heteroatoms. The minimum Gasteiger partial charge on any atom is -0.345 e. The van der Waals surface area contributed by atoms with E-state index in [-0.39, 0.29) is 11.9 Å². The van der Waals surface area contributed by atoms with Crippen LogP contribution in [0.15, 0.2) is 30.6 Å². The first kappa shape index (κ1) is 12.9. The normalized spacial score (nSPS) is 14.9. The predicted molar refractivity (Wildman–Crippen MR) is 77.6 cm³/mol. The second-order valence-electron chi connectivity index (χ2n) is 5.48. The summed E-state index contributed by atoms with van der Waals surface area (Å²) < 4.78 is 1.74. The van der Waals surface area contributed by atoms with E-state index in [1.807, 2.05) is 32.3 Å². The summed E-state index contributed by atoms with van der Waals surface area (Å²) in [5.41, 5.74) is 4.48. The fourth-order valence-electron chi connectivity index (χ4n) is 2.74. The molecular weight excluding hydrogens is 250 g/mol. The zero-order chi connectivity index (χ0) is 14.1. The van der Waals surface area contributed by atoms with Gasteiger partial charge >= 0.3 is 0 Å². The van der Waals surface area contributed by atoms with Crippen LogP contribution in [0.25, 0.3) is 0 Å². The van der Waals surface area contributed by atoms with Crippen LogP contribution in [0.2, 0.25) is 0 Å². The van der Waals surface area contributed by atoms with Crippen molar-refractivity contribution in [3.05, 3.63) is 52.8 Å². The van der Waals surface area contributed by atoms with Crippen molar-refractivity contribution in [2.75, 3.05) is 0 Å². The molecule has 1 aliphatic carbocycles. The Labute approximate surface area is 118 Å². The van der Waals surface area contributed by atoms with Crippen molar-refractivity contribution in [1.82, 2.24) is 15.1 Å². The van der Waals surface area contributed by atoms with E-state index in [2.05, 4.69) is 16.5 Å². The lowest BCUT2D eigenvalue weighted by atomic mass is 10.1. The zero-order valence-electron chi connectivity index (χ0n) is 11.9. The van der Waals surface area contributed by atoms with Crippen LogP contribution in [0, 0.1) is 0 Å². The molecule has 0 saturated heterocycles. The Morgan fingerprint density at radius 1 is 1.35 bits per heavy atom. The molecule has 0 aliphatic heterocycles. The Kier molecular flexibility index (Phi) is 3.30. The number of hydrogen-bond donors (Lipinski definition) is 1. The van der Waals surface area contributed by atoms with Crippen LogP contribution in [-0.2, 0) is 19.9 Å². The maximum Gasteiger partial charge on any atom is 0.251 e. The number of nitrogens with zero attached hydrogens (tertiary/aromatic N) is 2. The molecule has 1 heterocycles. The summed E-state index contributed by atoms with van der Waals surface area (Å²) in [6, 6.07) is 6.01. The van der Waals surface area contributed by atoms with Crippen LogP contribution >= 0.6 is 0 Å². The van der Waals surface area contributed by atoms with Gasteiger partial charge in [0.1, 0.15) is 0 Å². The summed E-state index contributed by atoms with van der Waals surface area (Å²) in [7, 11) is 1.87. The largest absolute Gasteiger partial charge is 0.345 e. The molecule has 104 valence electrons.